The van der Waals surface area contributed by atoms with Gasteiger partial charge in [-0.3, -0.25) is 10.3 Å². The van der Waals surface area contributed by atoms with Crippen molar-refractivity contribution in [3.8, 4) is 22.6 Å². The second-order valence-corrected chi connectivity index (χ2v) is 8.36. The summed E-state index contributed by atoms with van der Waals surface area (Å²) in [6.07, 6.45) is 3.50. The van der Waals surface area contributed by atoms with E-state index in [-0.39, 0.29) is 11.5 Å². The number of nitrogens with two attached hydrogens (primary N) is 1. The van der Waals surface area contributed by atoms with Crippen molar-refractivity contribution in [1.29, 1.82) is 0 Å². The number of nitrogens with zero attached hydrogens (tertiary/aromatic N) is 3. The molecule has 4 aromatic rings. The van der Waals surface area contributed by atoms with E-state index in [1.165, 1.54) is 7.11 Å². The molecule has 4 rings (SSSR count). The molecule has 1 aromatic carbocycles. The Kier molecular flexibility index (Phi) is 5.68. The molecule has 0 aliphatic carbocycles. The molecule has 11 heteroatoms. The lowest BCUT2D eigenvalue weighted by molar-refractivity contribution is -0.564. The first-order valence-corrected chi connectivity index (χ1v) is 11.2. The molecule has 0 bridgehead atoms. The molecule has 0 radical (unpaired) electrons. The van der Waals surface area contributed by atoms with Gasteiger partial charge in [-0.2, -0.15) is 13.6 Å². The fourth-order valence-electron chi connectivity index (χ4n) is 3.49. The molecule has 0 aliphatic heterocycles. The van der Waals surface area contributed by atoms with Crippen LogP contribution in [0.2, 0.25) is 0 Å². The lowest BCUT2D eigenvalue weighted by Crippen LogP contribution is -2.29. The molecule has 0 spiro atoms. The van der Waals surface area contributed by atoms with Crippen LogP contribution < -0.4 is 23.9 Å². The fraction of sp³-hybridized carbons (Fsp3) is 0.190. The summed E-state index contributed by atoms with van der Waals surface area (Å²) in [5, 5.41) is 11.8. The second kappa shape index (κ2) is 8.44. The highest BCUT2D eigenvalue weighted by Crippen LogP contribution is 2.35. The van der Waals surface area contributed by atoms with Crippen molar-refractivity contribution in [1.82, 2.24) is 15.1 Å². The number of H-pyrrole nitrogens is 1. The number of aryl methyl sites for hydroxylation is 2. The number of methoxy groups -OCH3 is 1. The average Bonchev–Trinajstić information content (AvgIpc) is 3.07. The molecule has 0 amide bonds. The summed E-state index contributed by atoms with van der Waals surface area (Å²) in [7, 11) is -2.80. The van der Waals surface area contributed by atoms with E-state index in [2.05, 4.69) is 15.4 Å². The summed E-state index contributed by atoms with van der Waals surface area (Å²) in [6.45, 7) is 4.43. The van der Waals surface area contributed by atoms with Crippen LogP contribution in [0.15, 0.2) is 48.8 Å². The minimum atomic E-state index is -4.22. The van der Waals surface area contributed by atoms with Crippen molar-refractivity contribution < 1.29 is 21.9 Å². The largest absolute Gasteiger partial charge is 0.493 e. The molecular weight excluding hydrogens is 432 g/mol. The van der Waals surface area contributed by atoms with Crippen LogP contribution in [0.25, 0.3) is 16.8 Å². The van der Waals surface area contributed by atoms with Crippen LogP contribution in [0, 0.1) is 13.8 Å². The van der Waals surface area contributed by atoms with E-state index in [0.717, 1.165) is 28.3 Å². The lowest BCUT2D eigenvalue weighted by atomic mass is 10.1. The predicted octanol–water partition coefficient (Wildman–Crippen LogP) is 2.03. The summed E-state index contributed by atoms with van der Waals surface area (Å²) < 4.78 is 35.0. The van der Waals surface area contributed by atoms with Crippen LogP contribution in [0.5, 0.6) is 11.5 Å². The van der Waals surface area contributed by atoms with Gasteiger partial charge in [-0.15, -0.1) is 9.50 Å². The first-order chi connectivity index (χ1) is 15.2. The number of fused-ring (bicyclic) bond motifs is 1. The molecule has 3 heterocycles. The molecule has 0 unspecified atom stereocenters. The molecule has 32 heavy (non-hydrogen) atoms. The van der Waals surface area contributed by atoms with Crippen molar-refractivity contribution in [3.05, 3.63) is 65.7 Å². The summed E-state index contributed by atoms with van der Waals surface area (Å²) in [4.78, 5) is 8.74. The van der Waals surface area contributed by atoms with Gasteiger partial charge >= 0.3 is 10.3 Å². The van der Waals surface area contributed by atoms with E-state index in [4.69, 9.17) is 19.0 Å². The van der Waals surface area contributed by atoms with E-state index in [1.807, 2.05) is 36.6 Å². The molecule has 0 atom stereocenters. The minimum Gasteiger partial charge on any atom is -0.493 e. The fourth-order valence-corrected chi connectivity index (χ4v) is 3.87. The van der Waals surface area contributed by atoms with Gasteiger partial charge in [-0.05, 0) is 49.2 Å². The number of hydrogen-bond acceptors (Lipinski definition) is 7. The second-order valence-electron chi connectivity index (χ2n) is 7.20. The molecule has 166 valence electrons. The molecule has 4 N–H and O–H groups in total. The Morgan fingerprint density at radius 1 is 1.12 bits per heavy atom. The first-order valence-electron chi connectivity index (χ1n) is 9.70. The van der Waals surface area contributed by atoms with Gasteiger partial charge in [0.2, 0.25) is 5.82 Å². The zero-order valence-corrected chi connectivity index (χ0v) is 18.6. The number of benzene rings is 1. The summed E-state index contributed by atoms with van der Waals surface area (Å²) in [6, 6.07) is 10.8. The van der Waals surface area contributed by atoms with Gasteiger partial charge in [-0.25, -0.2) is 5.10 Å². The normalized spacial score (nSPS) is 11.5. The van der Waals surface area contributed by atoms with Gasteiger partial charge in [0.15, 0.2) is 11.5 Å². The molecule has 0 saturated heterocycles. The van der Waals surface area contributed by atoms with Crippen LogP contribution in [-0.2, 0) is 16.8 Å². The summed E-state index contributed by atoms with van der Waals surface area (Å²) in [5.41, 5.74) is 4.90. The van der Waals surface area contributed by atoms with E-state index in [1.54, 1.807) is 30.6 Å². The molecular formula is C21H23N6O4S+. The van der Waals surface area contributed by atoms with Crippen LogP contribution in [0.3, 0.4) is 0 Å². The molecule has 3 aromatic heterocycles. The monoisotopic (exact) mass is 455 g/mol. The molecule has 0 fully saturated rings. The predicted molar refractivity (Wildman–Crippen MR) is 119 cm³/mol. The van der Waals surface area contributed by atoms with Crippen LogP contribution in [-0.4, -0.2) is 30.6 Å². The van der Waals surface area contributed by atoms with Crippen LogP contribution >= 0.6 is 0 Å². The number of ether oxygens (including phenoxy) is 1. The lowest BCUT2D eigenvalue weighted by Gasteiger charge is -2.10. The van der Waals surface area contributed by atoms with Crippen molar-refractivity contribution in [2.24, 2.45) is 5.14 Å². The maximum Gasteiger partial charge on any atom is 0.380 e. The average molecular weight is 456 g/mol. The third kappa shape index (κ3) is 4.48. The number of pyridine rings is 1. The standard InChI is InChI=1S/C21H22N6O4S/c1-13-10-19(24-12-15-6-8-23-9-7-15)27-21(25-13)20(14(2)26-27)16-4-5-17(30-3)18(11-16)31-32(22,28)29/h4-11H,12H2,1-3H3,(H3,22,24,25,26,28,29)/p+1. The van der Waals surface area contributed by atoms with E-state index >= 15 is 0 Å². The van der Waals surface area contributed by atoms with Gasteiger partial charge in [0.1, 0.15) is 5.69 Å². The molecule has 0 aliphatic rings. The number of aromatic amines is 1. The molecule has 0 saturated carbocycles. The van der Waals surface area contributed by atoms with Crippen molar-refractivity contribution in [3.63, 3.8) is 0 Å². The summed E-state index contributed by atoms with van der Waals surface area (Å²) >= 11 is 0. The highest BCUT2D eigenvalue weighted by Gasteiger charge is 2.23. The smallest absolute Gasteiger partial charge is 0.380 e. The first kappa shape index (κ1) is 21.5. The zero-order chi connectivity index (χ0) is 22.9. The number of aromatic nitrogens is 4. The maximum absolute atomic E-state index is 11.5. The Morgan fingerprint density at radius 3 is 2.56 bits per heavy atom. The van der Waals surface area contributed by atoms with Crippen molar-refractivity contribution >= 4 is 21.8 Å². The van der Waals surface area contributed by atoms with Gasteiger partial charge < -0.3 is 8.92 Å². The third-order valence-corrected chi connectivity index (χ3v) is 5.25. The van der Waals surface area contributed by atoms with E-state index in [0.29, 0.717) is 17.8 Å². The highest BCUT2D eigenvalue weighted by molar-refractivity contribution is 7.84. The van der Waals surface area contributed by atoms with Crippen molar-refractivity contribution in [2.75, 3.05) is 12.4 Å². The van der Waals surface area contributed by atoms with Crippen LogP contribution in [0.1, 0.15) is 17.0 Å². The van der Waals surface area contributed by atoms with E-state index in [9.17, 15) is 8.42 Å². The Bertz CT molecular complexity index is 1390. The third-order valence-electron chi connectivity index (χ3n) is 4.84. The van der Waals surface area contributed by atoms with Gasteiger partial charge in [0.25, 0.3) is 5.65 Å². The Labute approximate surface area is 185 Å². The van der Waals surface area contributed by atoms with E-state index < -0.39 is 10.3 Å². The zero-order valence-electron chi connectivity index (χ0n) is 17.8. The van der Waals surface area contributed by atoms with Gasteiger partial charge in [0, 0.05) is 12.4 Å². The highest BCUT2D eigenvalue weighted by atomic mass is 32.2. The topological polar surface area (TPSA) is 136 Å². The van der Waals surface area contributed by atoms with Gasteiger partial charge in [-0.1, -0.05) is 6.07 Å². The number of anilines is 1. The van der Waals surface area contributed by atoms with Crippen molar-refractivity contribution in [2.45, 2.75) is 20.4 Å². The SMILES string of the molecule is COc1ccc(-c2c(C)[nH][n+]3c(NCc4ccncc4)cc(C)nc23)cc1OS(N)(=O)=O. The quantitative estimate of drug-likeness (QED) is 0.363. The molecule has 10 nitrogen and oxygen atoms in total. The Morgan fingerprint density at radius 2 is 1.88 bits per heavy atom. The Balaban J connectivity index is 1.79. The number of hydrogen-bond donors (Lipinski definition) is 3. The number of nitrogens with one attached hydrogen (secondary N) is 2. The Hall–Kier alpha value is -3.70. The van der Waals surface area contributed by atoms with Crippen LogP contribution in [0.4, 0.5) is 5.82 Å². The van der Waals surface area contributed by atoms with Gasteiger partial charge in [0.05, 0.1) is 31.0 Å². The maximum atomic E-state index is 11.5. The minimum absolute atomic E-state index is 0.00469. The number of rotatable bonds is 7. The summed E-state index contributed by atoms with van der Waals surface area (Å²) in [5.74, 6) is 1.07.